The number of hydrogen-bond donors (Lipinski definition) is 2. The number of para-hydroxylation sites is 1. The van der Waals surface area contributed by atoms with E-state index in [1.165, 1.54) is 6.20 Å². The van der Waals surface area contributed by atoms with Crippen molar-refractivity contribution in [2.24, 2.45) is 0 Å². The van der Waals surface area contributed by atoms with Gasteiger partial charge in [-0.2, -0.15) is 13.7 Å². The highest BCUT2D eigenvalue weighted by Crippen LogP contribution is 2.26. The number of aromatic amines is 1. The number of rotatable bonds is 3. The molecular formula is C13H10N4O3S. The summed E-state index contributed by atoms with van der Waals surface area (Å²) in [6.45, 7) is 1.56. The van der Waals surface area contributed by atoms with E-state index >= 15 is 0 Å². The standard InChI is InChI=1S/C13H10N4O3S/c1-8-16-12(7-20-8)21(18,19)17-11-4-2-3-10-9(5-14)6-15-13(10)11/h2-4,6-7,15,17H,1H3. The van der Waals surface area contributed by atoms with E-state index in [1.807, 2.05) is 6.07 Å². The first-order valence-corrected chi connectivity index (χ1v) is 7.45. The minimum absolute atomic E-state index is 0.191. The molecule has 0 saturated carbocycles. The molecule has 3 rings (SSSR count). The van der Waals surface area contributed by atoms with Crippen LogP contribution in [0.1, 0.15) is 11.5 Å². The molecule has 1 aromatic carbocycles. The van der Waals surface area contributed by atoms with Crippen molar-refractivity contribution in [3.8, 4) is 6.07 Å². The topological polar surface area (TPSA) is 112 Å². The molecule has 21 heavy (non-hydrogen) atoms. The molecule has 3 aromatic rings. The predicted octanol–water partition coefficient (Wildman–Crippen LogP) is 2.14. The molecule has 0 amide bonds. The molecule has 8 heteroatoms. The van der Waals surface area contributed by atoms with E-state index in [9.17, 15) is 8.42 Å². The van der Waals surface area contributed by atoms with Crippen molar-refractivity contribution < 1.29 is 12.8 Å². The van der Waals surface area contributed by atoms with Gasteiger partial charge >= 0.3 is 0 Å². The molecule has 2 heterocycles. The van der Waals surface area contributed by atoms with E-state index < -0.39 is 10.0 Å². The largest absolute Gasteiger partial charge is 0.448 e. The van der Waals surface area contributed by atoms with Gasteiger partial charge in [0.2, 0.25) is 5.03 Å². The lowest BCUT2D eigenvalue weighted by atomic mass is 10.2. The molecule has 106 valence electrons. The molecule has 0 aliphatic heterocycles. The van der Waals surface area contributed by atoms with Crippen molar-refractivity contribution in [1.82, 2.24) is 9.97 Å². The average Bonchev–Trinajstić information content (AvgIpc) is 3.05. The zero-order valence-corrected chi connectivity index (χ0v) is 11.7. The number of anilines is 1. The van der Waals surface area contributed by atoms with Crippen LogP contribution in [-0.2, 0) is 10.0 Å². The molecule has 2 aromatic heterocycles. The Bertz CT molecular complexity index is 963. The number of H-pyrrole nitrogens is 1. The van der Waals surface area contributed by atoms with Crippen molar-refractivity contribution in [2.75, 3.05) is 4.72 Å². The second kappa shape index (κ2) is 4.64. The Morgan fingerprint density at radius 1 is 1.43 bits per heavy atom. The Morgan fingerprint density at radius 3 is 2.90 bits per heavy atom. The van der Waals surface area contributed by atoms with Gasteiger partial charge < -0.3 is 9.40 Å². The van der Waals surface area contributed by atoms with E-state index in [0.29, 0.717) is 22.2 Å². The number of nitrogens with one attached hydrogen (secondary N) is 2. The lowest BCUT2D eigenvalue weighted by Gasteiger charge is -2.06. The third-order valence-electron chi connectivity index (χ3n) is 2.95. The lowest BCUT2D eigenvalue weighted by molar-refractivity contribution is 0.519. The van der Waals surface area contributed by atoms with Crippen LogP contribution in [0.15, 0.2) is 40.1 Å². The summed E-state index contributed by atoms with van der Waals surface area (Å²) in [4.78, 5) is 6.69. The highest BCUT2D eigenvalue weighted by atomic mass is 32.2. The highest BCUT2D eigenvalue weighted by molar-refractivity contribution is 7.92. The number of nitrogens with zero attached hydrogens (tertiary/aromatic N) is 2. The number of aryl methyl sites for hydroxylation is 1. The van der Waals surface area contributed by atoms with Crippen LogP contribution in [0.4, 0.5) is 5.69 Å². The minimum Gasteiger partial charge on any atom is -0.448 e. The van der Waals surface area contributed by atoms with Gasteiger partial charge in [0.05, 0.1) is 16.8 Å². The van der Waals surface area contributed by atoms with Gasteiger partial charge in [0.15, 0.2) is 5.89 Å². The quantitative estimate of drug-likeness (QED) is 0.769. The van der Waals surface area contributed by atoms with E-state index in [-0.39, 0.29) is 10.9 Å². The SMILES string of the molecule is Cc1nc(S(=O)(=O)Nc2cccc3c(C#N)c[nH]c23)co1. The first-order chi connectivity index (χ1) is 10.0. The highest BCUT2D eigenvalue weighted by Gasteiger charge is 2.20. The Labute approximate surface area is 120 Å². The van der Waals surface area contributed by atoms with Gasteiger partial charge in [0.1, 0.15) is 12.3 Å². The second-order valence-corrected chi connectivity index (χ2v) is 5.98. The van der Waals surface area contributed by atoms with Gasteiger partial charge in [0.25, 0.3) is 10.0 Å². The zero-order valence-electron chi connectivity index (χ0n) is 10.9. The molecule has 0 spiro atoms. The van der Waals surface area contributed by atoms with E-state index in [1.54, 1.807) is 25.1 Å². The maximum absolute atomic E-state index is 12.2. The Hall–Kier alpha value is -2.79. The van der Waals surface area contributed by atoms with Crippen LogP contribution < -0.4 is 4.72 Å². The van der Waals surface area contributed by atoms with Crippen LogP contribution >= 0.6 is 0 Å². The molecule has 0 radical (unpaired) electrons. The van der Waals surface area contributed by atoms with Gasteiger partial charge in [-0.3, -0.25) is 4.72 Å². The summed E-state index contributed by atoms with van der Waals surface area (Å²) in [6.07, 6.45) is 2.61. The molecule has 0 aliphatic rings. The van der Waals surface area contributed by atoms with Gasteiger partial charge in [-0.05, 0) is 6.07 Å². The number of hydrogen-bond acceptors (Lipinski definition) is 5. The van der Waals surface area contributed by atoms with Gasteiger partial charge in [-0.1, -0.05) is 12.1 Å². The van der Waals surface area contributed by atoms with Crippen LogP contribution in [0.25, 0.3) is 10.9 Å². The lowest BCUT2D eigenvalue weighted by Crippen LogP contribution is -2.13. The summed E-state index contributed by atoms with van der Waals surface area (Å²) in [6, 6.07) is 7.05. The van der Waals surface area contributed by atoms with Crippen LogP contribution in [0.2, 0.25) is 0 Å². The second-order valence-electron chi connectivity index (χ2n) is 4.35. The van der Waals surface area contributed by atoms with Crippen molar-refractivity contribution in [3.63, 3.8) is 0 Å². The van der Waals surface area contributed by atoms with Crippen LogP contribution in [0.3, 0.4) is 0 Å². The molecule has 0 atom stereocenters. The zero-order chi connectivity index (χ0) is 15.0. The summed E-state index contributed by atoms with van der Waals surface area (Å²) in [7, 11) is -3.84. The summed E-state index contributed by atoms with van der Waals surface area (Å²) in [5.41, 5.74) is 1.33. The number of oxazole rings is 1. The van der Waals surface area contributed by atoms with Crippen molar-refractivity contribution in [1.29, 1.82) is 5.26 Å². The smallest absolute Gasteiger partial charge is 0.282 e. The fourth-order valence-corrected chi connectivity index (χ4v) is 2.98. The first-order valence-electron chi connectivity index (χ1n) is 5.96. The molecule has 0 fully saturated rings. The van der Waals surface area contributed by atoms with Crippen molar-refractivity contribution in [3.05, 3.63) is 42.1 Å². The Morgan fingerprint density at radius 2 is 2.24 bits per heavy atom. The van der Waals surface area contributed by atoms with Crippen LogP contribution in [0.5, 0.6) is 0 Å². The summed E-state index contributed by atoms with van der Waals surface area (Å²) >= 11 is 0. The minimum atomic E-state index is -3.84. The average molecular weight is 302 g/mol. The Balaban J connectivity index is 2.06. The van der Waals surface area contributed by atoms with E-state index in [0.717, 1.165) is 6.26 Å². The summed E-state index contributed by atoms with van der Waals surface area (Å²) in [5.74, 6) is 0.264. The van der Waals surface area contributed by atoms with Gasteiger partial charge in [-0.25, -0.2) is 4.98 Å². The molecule has 2 N–H and O–H groups in total. The monoisotopic (exact) mass is 302 g/mol. The summed E-state index contributed by atoms with van der Waals surface area (Å²) < 4.78 is 31.8. The first kappa shape index (κ1) is 13.2. The third-order valence-corrected chi connectivity index (χ3v) is 4.18. The molecule has 0 aliphatic carbocycles. The normalized spacial score (nSPS) is 11.4. The fourth-order valence-electron chi connectivity index (χ4n) is 2.00. The number of fused-ring (bicyclic) bond motifs is 1. The number of benzene rings is 1. The van der Waals surface area contributed by atoms with Crippen LogP contribution in [-0.4, -0.2) is 18.4 Å². The number of sulfonamides is 1. The Kier molecular flexibility index (Phi) is 2.92. The number of aromatic nitrogens is 2. The summed E-state index contributed by atoms with van der Waals surface area (Å²) in [5, 5.41) is 9.45. The van der Waals surface area contributed by atoms with Gasteiger partial charge in [-0.15, -0.1) is 0 Å². The molecule has 7 nitrogen and oxygen atoms in total. The fraction of sp³-hybridized carbons (Fsp3) is 0.0769. The maximum atomic E-state index is 12.2. The van der Waals surface area contributed by atoms with Crippen molar-refractivity contribution in [2.45, 2.75) is 11.9 Å². The van der Waals surface area contributed by atoms with E-state index in [4.69, 9.17) is 9.68 Å². The van der Waals surface area contributed by atoms with Crippen LogP contribution in [0, 0.1) is 18.3 Å². The predicted molar refractivity (Wildman–Crippen MR) is 75.1 cm³/mol. The molecule has 0 bridgehead atoms. The third kappa shape index (κ3) is 2.23. The molecular weight excluding hydrogens is 292 g/mol. The maximum Gasteiger partial charge on any atom is 0.282 e. The molecule has 0 saturated heterocycles. The van der Waals surface area contributed by atoms with E-state index in [2.05, 4.69) is 14.7 Å². The number of nitriles is 1. The van der Waals surface area contributed by atoms with Gasteiger partial charge in [0, 0.05) is 18.5 Å². The van der Waals surface area contributed by atoms with Crippen molar-refractivity contribution >= 4 is 26.6 Å². The molecule has 0 unspecified atom stereocenters.